The molecule has 4 rings (SSSR count). The molecular weight excluding hydrogens is 318 g/mol. The van der Waals surface area contributed by atoms with Crippen LogP contribution in [-0.4, -0.2) is 10.1 Å². The van der Waals surface area contributed by atoms with E-state index in [1.165, 1.54) is 6.42 Å². The van der Waals surface area contributed by atoms with Gasteiger partial charge in [0.1, 0.15) is 5.58 Å². The highest BCUT2D eigenvalue weighted by atomic mass is 16.5. The van der Waals surface area contributed by atoms with Gasteiger partial charge in [-0.2, -0.15) is 4.98 Å². The number of para-hydroxylation sites is 1. The molecule has 0 radical (unpaired) electrons. The second-order valence-electron chi connectivity index (χ2n) is 6.73. The van der Waals surface area contributed by atoms with E-state index in [2.05, 4.69) is 15.5 Å². The Morgan fingerprint density at radius 1 is 1.20 bits per heavy atom. The van der Waals surface area contributed by atoms with Crippen LogP contribution in [0.2, 0.25) is 0 Å². The van der Waals surface area contributed by atoms with E-state index in [-0.39, 0.29) is 11.2 Å². The normalized spacial score (nSPS) is 17.0. The molecule has 1 saturated carbocycles. The third-order valence-electron chi connectivity index (χ3n) is 4.99. The number of nitrogens with one attached hydrogen (secondary N) is 1. The summed E-state index contributed by atoms with van der Waals surface area (Å²) in [5, 5.41) is 8.61. The van der Waals surface area contributed by atoms with Gasteiger partial charge in [0.05, 0.1) is 11.1 Å². The Balaban J connectivity index is 1.63. The van der Waals surface area contributed by atoms with E-state index in [0.717, 1.165) is 31.1 Å². The zero-order chi connectivity index (χ0) is 17.3. The summed E-state index contributed by atoms with van der Waals surface area (Å²) in [6.45, 7) is 2.21. The second kappa shape index (κ2) is 6.44. The number of aromatic nitrogens is 2. The highest BCUT2D eigenvalue weighted by molar-refractivity contribution is 5.76. The average molecular weight is 339 g/mol. The smallest absolute Gasteiger partial charge is 0.340 e. The third-order valence-corrected chi connectivity index (χ3v) is 4.99. The molecule has 6 nitrogen and oxygen atoms in total. The molecule has 130 valence electrons. The Kier molecular flexibility index (Phi) is 4.13. The summed E-state index contributed by atoms with van der Waals surface area (Å²) in [5.41, 5.74) is 0.580. The third kappa shape index (κ3) is 3.09. The minimum atomic E-state index is -0.339. The maximum atomic E-state index is 12.3. The van der Waals surface area contributed by atoms with Crippen molar-refractivity contribution in [1.82, 2.24) is 15.5 Å². The summed E-state index contributed by atoms with van der Waals surface area (Å²) in [4.78, 5) is 16.7. The molecule has 1 fully saturated rings. The molecule has 1 N–H and O–H groups in total. The lowest BCUT2D eigenvalue weighted by molar-refractivity contribution is 0.210. The van der Waals surface area contributed by atoms with Gasteiger partial charge in [-0.3, -0.25) is 0 Å². The van der Waals surface area contributed by atoms with Gasteiger partial charge < -0.3 is 14.3 Å². The Labute approximate surface area is 145 Å². The van der Waals surface area contributed by atoms with Gasteiger partial charge in [0.2, 0.25) is 5.89 Å². The van der Waals surface area contributed by atoms with Crippen molar-refractivity contribution in [3.05, 3.63) is 58.0 Å². The highest BCUT2D eigenvalue weighted by Gasteiger charge is 2.37. The van der Waals surface area contributed by atoms with Crippen molar-refractivity contribution in [2.75, 3.05) is 0 Å². The van der Waals surface area contributed by atoms with Crippen LogP contribution in [0.3, 0.4) is 0 Å². The van der Waals surface area contributed by atoms with Crippen LogP contribution in [-0.2, 0) is 12.1 Å². The number of nitrogens with zero attached hydrogens (tertiary/aromatic N) is 2. The molecule has 0 saturated heterocycles. The van der Waals surface area contributed by atoms with E-state index in [1.807, 2.05) is 24.3 Å². The first kappa shape index (κ1) is 16.0. The van der Waals surface area contributed by atoms with Crippen LogP contribution in [0.5, 0.6) is 0 Å². The van der Waals surface area contributed by atoms with Crippen LogP contribution in [0.1, 0.15) is 49.4 Å². The number of hydrogen-bond acceptors (Lipinski definition) is 6. The molecule has 0 atom stereocenters. The van der Waals surface area contributed by atoms with E-state index in [1.54, 1.807) is 13.0 Å². The molecule has 0 spiro atoms. The topological polar surface area (TPSA) is 81.2 Å². The monoisotopic (exact) mass is 339 g/mol. The van der Waals surface area contributed by atoms with Crippen molar-refractivity contribution >= 4 is 11.0 Å². The lowest BCUT2D eigenvalue weighted by atomic mass is 9.81. The lowest BCUT2D eigenvalue weighted by Gasteiger charge is -2.35. The number of hydrogen-bond donors (Lipinski definition) is 1. The molecule has 0 aliphatic heterocycles. The molecule has 1 aliphatic carbocycles. The summed E-state index contributed by atoms with van der Waals surface area (Å²) in [6.07, 6.45) is 5.29. The molecule has 0 bridgehead atoms. The highest BCUT2D eigenvalue weighted by Crippen LogP contribution is 2.35. The number of benzene rings is 1. The Hall–Kier alpha value is -2.47. The average Bonchev–Trinajstić information content (AvgIpc) is 3.08. The predicted octanol–water partition coefficient (Wildman–Crippen LogP) is 3.43. The van der Waals surface area contributed by atoms with Crippen LogP contribution >= 0.6 is 0 Å². The van der Waals surface area contributed by atoms with Crippen LogP contribution in [0.15, 0.2) is 44.1 Å². The van der Waals surface area contributed by atoms with Crippen molar-refractivity contribution in [3.63, 3.8) is 0 Å². The Morgan fingerprint density at radius 2 is 2.00 bits per heavy atom. The maximum absolute atomic E-state index is 12.3. The second-order valence-corrected chi connectivity index (χ2v) is 6.73. The van der Waals surface area contributed by atoms with E-state index in [4.69, 9.17) is 8.94 Å². The largest absolute Gasteiger partial charge is 0.422 e. The Bertz CT molecular complexity index is 938. The van der Waals surface area contributed by atoms with E-state index >= 15 is 0 Å². The quantitative estimate of drug-likeness (QED) is 0.733. The van der Waals surface area contributed by atoms with E-state index in [9.17, 15) is 4.79 Å². The first-order valence-electron chi connectivity index (χ1n) is 8.74. The van der Waals surface area contributed by atoms with Gasteiger partial charge in [-0.05, 0) is 25.0 Å². The fourth-order valence-electron chi connectivity index (χ4n) is 3.62. The van der Waals surface area contributed by atoms with Gasteiger partial charge in [-0.15, -0.1) is 0 Å². The number of fused-ring (bicyclic) bond motifs is 1. The van der Waals surface area contributed by atoms with Gasteiger partial charge >= 0.3 is 5.63 Å². The number of aryl methyl sites for hydroxylation is 1. The molecular formula is C19H21N3O3. The van der Waals surface area contributed by atoms with Gasteiger partial charge in [0, 0.05) is 18.9 Å². The van der Waals surface area contributed by atoms with Crippen LogP contribution in [0.25, 0.3) is 11.0 Å². The van der Waals surface area contributed by atoms with Crippen molar-refractivity contribution in [1.29, 1.82) is 0 Å². The molecule has 25 heavy (non-hydrogen) atoms. The summed E-state index contributed by atoms with van der Waals surface area (Å²) >= 11 is 0. The molecule has 6 heteroatoms. The molecule has 1 aromatic carbocycles. The fraction of sp³-hybridized carbons (Fsp3) is 0.421. The van der Waals surface area contributed by atoms with Crippen LogP contribution < -0.4 is 10.9 Å². The number of rotatable bonds is 4. The first-order chi connectivity index (χ1) is 12.2. The van der Waals surface area contributed by atoms with Crippen molar-refractivity contribution in [2.45, 2.75) is 51.1 Å². The molecule has 2 aromatic heterocycles. The zero-order valence-electron chi connectivity index (χ0n) is 14.2. The standard InChI is InChI=1S/C19H21N3O3/c1-13-21-18(22-25-13)19(9-5-2-6-10-19)20-12-15-11-14-7-3-4-8-16(14)24-17(15)23/h3-4,7-8,11,20H,2,5-6,9-10,12H2,1H3. The lowest BCUT2D eigenvalue weighted by Crippen LogP contribution is -2.45. The summed E-state index contributed by atoms with van der Waals surface area (Å²) < 4.78 is 10.6. The van der Waals surface area contributed by atoms with Gasteiger partial charge in [-0.1, -0.05) is 42.6 Å². The minimum absolute atomic E-state index is 0.304. The SMILES string of the molecule is Cc1nc(C2(NCc3cc4ccccc4oc3=O)CCCCC2)no1. The van der Waals surface area contributed by atoms with Crippen LogP contribution in [0.4, 0.5) is 0 Å². The molecule has 2 heterocycles. The summed E-state index contributed by atoms with van der Waals surface area (Å²) in [7, 11) is 0. The predicted molar refractivity (Wildman–Crippen MR) is 93.1 cm³/mol. The van der Waals surface area contributed by atoms with E-state index < -0.39 is 0 Å². The molecule has 0 amide bonds. The minimum Gasteiger partial charge on any atom is -0.422 e. The maximum Gasteiger partial charge on any atom is 0.340 e. The molecule has 1 aliphatic rings. The summed E-state index contributed by atoms with van der Waals surface area (Å²) in [5.74, 6) is 1.25. The Morgan fingerprint density at radius 3 is 2.76 bits per heavy atom. The van der Waals surface area contributed by atoms with Crippen molar-refractivity contribution < 1.29 is 8.94 Å². The first-order valence-corrected chi connectivity index (χ1v) is 8.74. The van der Waals surface area contributed by atoms with Gasteiger partial charge in [-0.25, -0.2) is 4.79 Å². The molecule has 0 unspecified atom stereocenters. The van der Waals surface area contributed by atoms with E-state index in [0.29, 0.717) is 29.4 Å². The summed E-state index contributed by atoms with van der Waals surface area (Å²) in [6, 6.07) is 9.44. The molecule has 3 aromatic rings. The zero-order valence-corrected chi connectivity index (χ0v) is 14.2. The van der Waals surface area contributed by atoms with Gasteiger partial charge in [0.15, 0.2) is 5.82 Å². The van der Waals surface area contributed by atoms with Crippen LogP contribution in [0, 0.1) is 6.92 Å². The fourth-order valence-corrected chi connectivity index (χ4v) is 3.62. The van der Waals surface area contributed by atoms with Crippen molar-refractivity contribution in [3.8, 4) is 0 Å². The van der Waals surface area contributed by atoms with Gasteiger partial charge in [0.25, 0.3) is 0 Å². The van der Waals surface area contributed by atoms with Crippen molar-refractivity contribution in [2.24, 2.45) is 0 Å².